The van der Waals surface area contributed by atoms with Crippen molar-refractivity contribution in [1.29, 1.82) is 0 Å². The number of thiazole rings is 1. The van der Waals surface area contributed by atoms with Gasteiger partial charge in [0.2, 0.25) is 0 Å². The van der Waals surface area contributed by atoms with Gasteiger partial charge in [-0.2, -0.15) is 0 Å². The number of rotatable bonds is 6. The Kier molecular flexibility index (Phi) is 5.16. The van der Waals surface area contributed by atoms with Crippen LogP contribution in [0.3, 0.4) is 0 Å². The lowest BCUT2D eigenvalue weighted by Crippen LogP contribution is -2.36. The van der Waals surface area contributed by atoms with Crippen LogP contribution in [-0.2, 0) is 11.2 Å². The second-order valence-corrected chi connectivity index (χ2v) is 6.99. The maximum Gasteiger partial charge on any atom is 0.265 e. The number of benzene rings is 1. The SMILES string of the molecule is CC[C@H]1Oc2cc([C@H](C)NCCc3scnc3C)ccc2NC1=O. The molecule has 0 spiro atoms. The second kappa shape index (κ2) is 7.32. The van der Waals surface area contributed by atoms with Gasteiger partial charge in [0, 0.05) is 17.5 Å². The van der Waals surface area contributed by atoms with Crippen molar-refractivity contribution < 1.29 is 9.53 Å². The van der Waals surface area contributed by atoms with E-state index in [2.05, 4.69) is 29.5 Å². The fourth-order valence-electron chi connectivity index (χ4n) is 2.78. The summed E-state index contributed by atoms with van der Waals surface area (Å²) in [5, 5.41) is 6.45. The first kappa shape index (κ1) is 16.9. The Morgan fingerprint density at radius 2 is 2.29 bits per heavy atom. The molecule has 3 rings (SSSR count). The van der Waals surface area contributed by atoms with E-state index >= 15 is 0 Å². The van der Waals surface area contributed by atoms with Crippen molar-refractivity contribution in [3.05, 3.63) is 39.8 Å². The molecule has 1 amide bonds. The van der Waals surface area contributed by atoms with E-state index < -0.39 is 6.10 Å². The predicted octanol–water partition coefficient (Wildman–Crippen LogP) is 3.45. The summed E-state index contributed by atoms with van der Waals surface area (Å²) in [7, 11) is 0. The third-order valence-corrected chi connectivity index (χ3v) is 5.34. The van der Waals surface area contributed by atoms with Gasteiger partial charge in [0.25, 0.3) is 5.91 Å². The zero-order valence-corrected chi connectivity index (χ0v) is 15.1. The molecule has 1 aromatic carbocycles. The minimum Gasteiger partial charge on any atom is -0.478 e. The van der Waals surface area contributed by atoms with Gasteiger partial charge in [0.15, 0.2) is 6.10 Å². The van der Waals surface area contributed by atoms with Crippen LogP contribution in [0.2, 0.25) is 0 Å². The number of carbonyl (C=O) groups excluding carboxylic acids is 1. The molecule has 1 aliphatic heterocycles. The molecule has 0 radical (unpaired) electrons. The van der Waals surface area contributed by atoms with E-state index in [0.29, 0.717) is 6.42 Å². The van der Waals surface area contributed by atoms with Gasteiger partial charge in [-0.05, 0) is 44.4 Å². The first-order valence-electron chi connectivity index (χ1n) is 8.32. The van der Waals surface area contributed by atoms with Crippen molar-refractivity contribution in [3.63, 3.8) is 0 Å². The van der Waals surface area contributed by atoms with Crippen molar-refractivity contribution >= 4 is 22.9 Å². The summed E-state index contributed by atoms with van der Waals surface area (Å²) in [5.74, 6) is 0.690. The molecule has 2 aromatic rings. The zero-order valence-electron chi connectivity index (χ0n) is 14.3. The lowest BCUT2D eigenvalue weighted by atomic mass is 10.1. The number of aryl methyl sites for hydroxylation is 1. The van der Waals surface area contributed by atoms with Crippen LogP contribution in [0, 0.1) is 6.92 Å². The molecule has 2 heterocycles. The Hall–Kier alpha value is -1.92. The van der Waals surface area contributed by atoms with Gasteiger partial charge in [-0.3, -0.25) is 4.79 Å². The van der Waals surface area contributed by atoms with E-state index in [1.807, 2.05) is 30.6 Å². The van der Waals surface area contributed by atoms with Gasteiger partial charge in [-0.25, -0.2) is 4.98 Å². The number of nitrogens with one attached hydrogen (secondary N) is 2. The number of amides is 1. The van der Waals surface area contributed by atoms with Crippen LogP contribution in [-0.4, -0.2) is 23.5 Å². The number of anilines is 1. The van der Waals surface area contributed by atoms with Gasteiger partial charge in [0.1, 0.15) is 5.75 Å². The molecular weight excluding hydrogens is 322 g/mol. The fraction of sp³-hybridized carbons (Fsp3) is 0.444. The van der Waals surface area contributed by atoms with Gasteiger partial charge in [-0.15, -0.1) is 11.3 Å². The van der Waals surface area contributed by atoms with Crippen molar-refractivity contribution in [1.82, 2.24) is 10.3 Å². The number of ether oxygens (including phenoxy) is 1. The van der Waals surface area contributed by atoms with Gasteiger partial charge < -0.3 is 15.4 Å². The van der Waals surface area contributed by atoms with Crippen molar-refractivity contribution in [3.8, 4) is 5.75 Å². The van der Waals surface area contributed by atoms with E-state index in [-0.39, 0.29) is 11.9 Å². The van der Waals surface area contributed by atoms with Gasteiger partial charge in [0.05, 0.1) is 16.9 Å². The van der Waals surface area contributed by atoms with E-state index in [1.54, 1.807) is 11.3 Å². The first-order valence-corrected chi connectivity index (χ1v) is 9.20. The van der Waals surface area contributed by atoms with Crippen LogP contribution in [0.1, 0.15) is 42.4 Å². The topological polar surface area (TPSA) is 63.2 Å². The highest BCUT2D eigenvalue weighted by molar-refractivity contribution is 7.09. The molecule has 0 unspecified atom stereocenters. The minimum atomic E-state index is -0.398. The van der Waals surface area contributed by atoms with Crippen molar-refractivity contribution in [2.45, 2.75) is 45.8 Å². The van der Waals surface area contributed by atoms with E-state index in [0.717, 1.165) is 35.7 Å². The molecule has 0 fully saturated rings. The highest BCUT2D eigenvalue weighted by Crippen LogP contribution is 2.33. The normalized spacial score (nSPS) is 17.8. The van der Waals surface area contributed by atoms with Crippen LogP contribution < -0.4 is 15.4 Å². The molecule has 2 N–H and O–H groups in total. The molecule has 5 nitrogen and oxygen atoms in total. The monoisotopic (exact) mass is 345 g/mol. The molecule has 128 valence electrons. The maximum atomic E-state index is 11.8. The Balaban J connectivity index is 1.62. The highest BCUT2D eigenvalue weighted by atomic mass is 32.1. The first-order chi connectivity index (χ1) is 11.6. The molecule has 2 atom stereocenters. The number of hydrogen-bond acceptors (Lipinski definition) is 5. The van der Waals surface area contributed by atoms with Crippen LogP contribution in [0.15, 0.2) is 23.7 Å². The molecule has 0 saturated heterocycles. The van der Waals surface area contributed by atoms with Crippen LogP contribution in [0.4, 0.5) is 5.69 Å². The Labute approximate surface area is 146 Å². The lowest BCUT2D eigenvalue weighted by molar-refractivity contribution is -0.123. The van der Waals surface area contributed by atoms with E-state index in [4.69, 9.17) is 4.74 Å². The Bertz CT molecular complexity index is 729. The summed E-state index contributed by atoms with van der Waals surface area (Å²) < 4.78 is 5.82. The highest BCUT2D eigenvalue weighted by Gasteiger charge is 2.26. The summed E-state index contributed by atoms with van der Waals surface area (Å²) in [6.07, 6.45) is 1.25. The summed E-state index contributed by atoms with van der Waals surface area (Å²) >= 11 is 1.71. The largest absolute Gasteiger partial charge is 0.478 e. The molecule has 24 heavy (non-hydrogen) atoms. The molecule has 1 aromatic heterocycles. The Morgan fingerprint density at radius 1 is 1.46 bits per heavy atom. The van der Waals surface area contributed by atoms with Crippen LogP contribution in [0.5, 0.6) is 5.75 Å². The van der Waals surface area contributed by atoms with Crippen LogP contribution >= 0.6 is 11.3 Å². The molecular formula is C18H23N3O2S. The molecule has 0 bridgehead atoms. The third-order valence-electron chi connectivity index (χ3n) is 4.34. The van der Waals surface area contributed by atoms with Gasteiger partial charge >= 0.3 is 0 Å². The standard InChI is InChI=1S/C18H23N3O2S/c1-4-15-18(22)21-14-6-5-13(9-16(14)23-15)11(2)19-8-7-17-12(3)20-10-24-17/h5-6,9-11,15,19H,4,7-8H2,1-3H3,(H,21,22)/t11-,15+/m0/s1. The number of hydrogen-bond donors (Lipinski definition) is 2. The van der Waals surface area contributed by atoms with Crippen molar-refractivity contribution in [2.24, 2.45) is 0 Å². The Morgan fingerprint density at radius 3 is 3.00 bits per heavy atom. The predicted molar refractivity (Wildman–Crippen MR) is 96.8 cm³/mol. The number of aromatic nitrogens is 1. The second-order valence-electron chi connectivity index (χ2n) is 6.05. The van der Waals surface area contributed by atoms with E-state index in [9.17, 15) is 4.79 Å². The number of nitrogens with zero attached hydrogens (tertiary/aromatic N) is 1. The van der Waals surface area contributed by atoms with Crippen molar-refractivity contribution in [2.75, 3.05) is 11.9 Å². The van der Waals surface area contributed by atoms with E-state index in [1.165, 1.54) is 4.88 Å². The molecule has 0 aliphatic carbocycles. The summed E-state index contributed by atoms with van der Waals surface area (Å²) in [5.41, 5.74) is 4.92. The smallest absolute Gasteiger partial charge is 0.265 e. The number of carbonyl (C=O) groups is 1. The quantitative estimate of drug-likeness (QED) is 0.842. The fourth-order valence-corrected chi connectivity index (χ4v) is 3.57. The molecule has 6 heteroatoms. The third kappa shape index (κ3) is 3.60. The zero-order chi connectivity index (χ0) is 17.1. The summed E-state index contributed by atoms with van der Waals surface area (Å²) in [6, 6.07) is 6.18. The number of fused-ring (bicyclic) bond motifs is 1. The van der Waals surface area contributed by atoms with Gasteiger partial charge in [-0.1, -0.05) is 13.0 Å². The van der Waals surface area contributed by atoms with Crippen LogP contribution in [0.25, 0.3) is 0 Å². The minimum absolute atomic E-state index is 0.0659. The maximum absolute atomic E-state index is 11.8. The molecule has 1 aliphatic rings. The average Bonchev–Trinajstić information content (AvgIpc) is 2.99. The summed E-state index contributed by atoms with van der Waals surface area (Å²) in [4.78, 5) is 17.4. The average molecular weight is 345 g/mol. The lowest BCUT2D eigenvalue weighted by Gasteiger charge is -2.26. The summed E-state index contributed by atoms with van der Waals surface area (Å²) in [6.45, 7) is 7.04. The molecule has 0 saturated carbocycles.